The molecule has 0 saturated carbocycles. The fourth-order valence-corrected chi connectivity index (χ4v) is 3.73. The predicted octanol–water partition coefficient (Wildman–Crippen LogP) is 4.41. The molecule has 0 saturated heterocycles. The minimum absolute atomic E-state index is 0.690. The molecule has 4 rings (SSSR count). The minimum Gasteiger partial charge on any atom is -0.493 e. The van der Waals surface area contributed by atoms with Crippen molar-refractivity contribution in [3.63, 3.8) is 0 Å². The van der Waals surface area contributed by atoms with Crippen molar-refractivity contribution in [1.82, 2.24) is 9.88 Å². The van der Waals surface area contributed by atoms with Gasteiger partial charge in [-0.25, -0.2) is 0 Å². The smallest absolute Gasteiger partial charge is 0.120 e. The molecule has 1 N–H and O–H groups in total. The van der Waals surface area contributed by atoms with E-state index in [0.29, 0.717) is 11.6 Å². The zero-order valence-electron chi connectivity index (χ0n) is 13.6. The van der Waals surface area contributed by atoms with Gasteiger partial charge in [-0.3, -0.25) is 0 Å². The fraction of sp³-hybridized carbons (Fsp3) is 0.300. The van der Waals surface area contributed by atoms with Crippen molar-refractivity contribution < 1.29 is 4.74 Å². The van der Waals surface area contributed by atoms with E-state index in [2.05, 4.69) is 34.1 Å². The number of hydrogen-bond acceptors (Lipinski definition) is 2. The Hall–Kier alpha value is -1.97. The van der Waals surface area contributed by atoms with Crippen molar-refractivity contribution >= 4 is 22.5 Å². The Labute approximate surface area is 147 Å². The van der Waals surface area contributed by atoms with E-state index in [0.717, 1.165) is 38.2 Å². The maximum atomic E-state index is 5.99. The molecule has 2 heterocycles. The zero-order chi connectivity index (χ0) is 16.4. The molecule has 3 nitrogen and oxygen atoms in total. The molecule has 0 radical (unpaired) electrons. The highest BCUT2D eigenvalue weighted by molar-refractivity contribution is 6.30. The van der Waals surface area contributed by atoms with Crippen LogP contribution in [0.4, 0.5) is 0 Å². The van der Waals surface area contributed by atoms with E-state index in [9.17, 15) is 0 Å². The van der Waals surface area contributed by atoms with Crippen molar-refractivity contribution in [2.45, 2.75) is 25.9 Å². The second kappa shape index (κ2) is 6.88. The van der Waals surface area contributed by atoms with Crippen LogP contribution < -0.4 is 10.1 Å². The SMILES string of the molecule is Clc1cccc(OCCCn2c3c(c4ccccc42)CCNC3)c1. The van der Waals surface area contributed by atoms with Crippen molar-refractivity contribution in [2.75, 3.05) is 13.2 Å². The van der Waals surface area contributed by atoms with Crippen LogP contribution in [0.2, 0.25) is 5.02 Å². The standard InChI is InChI=1S/C20H21ClN2O/c21-15-5-3-6-16(13-15)24-12-4-11-23-19-8-2-1-7-17(19)18-9-10-22-14-20(18)23/h1-3,5-8,13,22H,4,9-12,14H2. The highest BCUT2D eigenvalue weighted by Crippen LogP contribution is 2.28. The molecule has 3 aromatic rings. The summed E-state index contributed by atoms with van der Waals surface area (Å²) in [4.78, 5) is 0. The number of aromatic nitrogens is 1. The van der Waals surface area contributed by atoms with Gasteiger partial charge in [0.05, 0.1) is 6.61 Å². The van der Waals surface area contributed by atoms with Crippen molar-refractivity contribution in [3.8, 4) is 5.75 Å². The Bertz CT molecular complexity index is 856. The summed E-state index contributed by atoms with van der Waals surface area (Å²) in [5.74, 6) is 0.837. The molecular weight excluding hydrogens is 320 g/mol. The number of benzene rings is 2. The van der Waals surface area contributed by atoms with Crippen LogP contribution in [-0.2, 0) is 19.5 Å². The van der Waals surface area contributed by atoms with E-state index < -0.39 is 0 Å². The predicted molar refractivity (Wildman–Crippen MR) is 98.9 cm³/mol. The lowest BCUT2D eigenvalue weighted by Crippen LogP contribution is -2.25. The second-order valence-corrected chi connectivity index (χ2v) is 6.62. The topological polar surface area (TPSA) is 26.2 Å². The van der Waals surface area contributed by atoms with Crippen molar-refractivity contribution in [2.24, 2.45) is 0 Å². The molecule has 0 atom stereocenters. The van der Waals surface area contributed by atoms with Gasteiger partial charge in [-0.15, -0.1) is 0 Å². The molecule has 4 heteroatoms. The first kappa shape index (κ1) is 15.6. The maximum Gasteiger partial charge on any atom is 0.120 e. The third-order valence-corrected chi connectivity index (χ3v) is 4.86. The number of rotatable bonds is 5. The largest absolute Gasteiger partial charge is 0.493 e. The van der Waals surface area contributed by atoms with Crippen LogP contribution >= 0.6 is 11.6 Å². The lowest BCUT2D eigenvalue weighted by Gasteiger charge is -2.17. The quantitative estimate of drug-likeness (QED) is 0.696. The van der Waals surface area contributed by atoms with Crippen LogP contribution in [0, 0.1) is 0 Å². The summed E-state index contributed by atoms with van der Waals surface area (Å²) in [7, 11) is 0. The highest BCUT2D eigenvalue weighted by Gasteiger charge is 2.18. The van der Waals surface area contributed by atoms with Crippen molar-refractivity contribution in [3.05, 3.63) is 64.8 Å². The number of aryl methyl sites for hydroxylation is 1. The molecule has 1 aliphatic rings. The van der Waals surface area contributed by atoms with E-state index in [1.807, 2.05) is 24.3 Å². The number of nitrogens with one attached hydrogen (secondary N) is 1. The highest BCUT2D eigenvalue weighted by atomic mass is 35.5. The van der Waals surface area contributed by atoms with Gasteiger partial charge in [-0.1, -0.05) is 35.9 Å². The van der Waals surface area contributed by atoms with Gasteiger partial charge in [-0.2, -0.15) is 0 Å². The minimum atomic E-state index is 0.690. The summed E-state index contributed by atoms with van der Waals surface area (Å²) in [5, 5.41) is 5.62. The molecule has 0 spiro atoms. The molecule has 0 amide bonds. The van der Waals surface area contributed by atoms with E-state index in [1.54, 1.807) is 0 Å². The van der Waals surface area contributed by atoms with E-state index in [1.165, 1.54) is 22.2 Å². The number of halogens is 1. The number of hydrogen-bond donors (Lipinski definition) is 1. The third kappa shape index (κ3) is 3.02. The first-order chi connectivity index (χ1) is 11.8. The number of ether oxygens (including phenoxy) is 1. The average molecular weight is 341 g/mol. The molecule has 0 aliphatic carbocycles. The van der Waals surface area contributed by atoms with Gasteiger partial charge >= 0.3 is 0 Å². The molecule has 0 fully saturated rings. The van der Waals surface area contributed by atoms with Gasteiger partial charge < -0.3 is 14.6 Å². The van der Waals surface area contributed by atoms with E-state index in [4.69, 9.17) is 16.3 Å². The summed E-state index contributed by atoms with van der Waals surface area (Å²) < 4.78 is 8.28. The Kier molecular flexibility index (Phi) is 4.46. The summed E-state index contributed by atoms with van der Waals surface area (Å²) in [5.41, 5.74) is 4.29. The van der Waals surface area contributed by atoms with Gasteiger partial charge in [0, 0.05) is 34.7 Å². The number of nitrogens with zero attached hydrogens (tertiary/aromatic N) is 1. The van der Waals surface area contributed by atoms with Gasteiger partial charge in [0.1, 0.15) is 5.75 Å². The number of para-hydroxylation sites is 1. The molecule has 1 aromatic heterocycles. The summed E-state index contributed by atoms with van der Waals surface area (Å²) in [6, 6.07) is 16.3. The molecular formula is C20H21ClN2O. The average Bonchev–Trinajstić information content (AvgIpc) is 2.93. The van der Waals surface area contributed by atoms with Gasteiger partial charge in [0.15, 0.2) is 0 Å². The van der Waals surface area contributed by atoms with Gasteiger partial charge in [0.25, 0.3) is 0 Å². The van der Waals surface area contributed by atoms with Crippen LogP contribution in [0.15, 0.2) is 48.5 Å². The Balaban J connectivity index is 1.48. The normalized spacial score (nSPS) is 13.9. The van der Waals surface area contributed by atoms with Crippen molar-refractivity contribution in [1.29, 1.82) is 0 Å². The molecule has 24 heavy (non-hydrogen) atoms. The third-order valence-electron chi connectivity index (χ3n) is 4.63. The van der Waals surface area contributed by atoms with Crippen LogP contribution in [-0.4, -0.2) is 17.7 Å². The summed E-state index contributed by atoms with van der Waals surface area (Å²) >= 11 is 5.99. The Morgan fingerprint density at radius 3 is 2.96 bits per heavy atom. The molecule has 0 unspecified atom stereocenters. The molecule has 2 aromatic carbocycles. The molecule has 1 aliphatic heterocycles. The van der Waals surface area contributed by atoms with Crippen LogP contribution in [0.5, 0.6) is 5.75 Å². The number of fused-ring (bicyclic) bond motifs is 3. The van der Waals surface area contributed by atoms with E-state index >= 15 is 0 Å². The van der Waals surface area contributed by atoms with Crippen LogP contribution in [0.25, 0.3) is 10.9 Å². The van der Waals surface area contributed by atoms with Crippen LogP contribution in [0.1, 0.15) is 17.7 Å². The van der Waals surface area contributed by atoms with Gasteiger partial charge in [0.2, 0.25) is 0 Å². The Morgan fingerprint density at radius 1 is 1.12 bits per heavy atom. The summed E-state index contributed by atoms with van der Waals surface area (Å²) in [6.07, 6.45) is 2.08. The summed E-state index contributed by atoms with van der Waals surface area (Å²) in [6.45, 7) is 3.69. The lowest BCUT2D eigenvalue weighted by molar-refractivity contribution is 0.301. The monoisotopic (exact) mass is 340 g/mol. The molecule has 124 valence electrons. The second-order valence-electron chi connectivity index (χ2n) is 6.18. The first-order valence-electron chi connectivity index (χ1n) is 8.51. The maximum absolute atomic E-state index is 5.99. The fourth-order valence-electron chi connectivity index (χ4n) is 3.55. The molecule has 0 bridgehead atoms. The Morgan fingerprint density at radius 2 is 2.04 bits per heavy atom. The van der Waals surface area contributed by atoms with E-state index in [-0.39, 0.29) is 0 Å². The van der Waals surface area contributed by atoms with Crippen LogP contribution in [0.3, 0.4) is 0 Å². The first-order valence-corrected chi connectivity index (χ1v) is 8.89. The zero-order valence-corrected chi connectivity index (χ0v) is 14.4. The lowest BCUT2D eigenvalue weighted by atomic mass is 10.1. The van der Waals surface area contributed by atoms with Gasteiger partial charge in [-0.05, 0) is 49.2 Å².